The van der Waals surface area contributed by atoms with E-state index in [1.807, 2.05) is 0 Å². The number of nitrogens with zero attached hydrogens (tertiary/aromatic N) is 1. The van der Waals surface area contributed by atoms with E-state index < -0.39 is 17.6 Å². The number of amides is 1. The summed E-state index contributed by atoms with van der Waals surface area (Å²) in [6, 6.07) is 9.38. The number of hydrogen-bond donors (Lipinski definition) is 1. The summed E-state index contributed by atoms with van der Waals surface area (Å²) in [5.74, 6) is 0.180. The lowest BCUT2D eigenvalue weighted by molar-refractivity contribution is -0.137. The van der Waals surface area contributed by atoms with Crippen LogP contribution in [0.15, 0.2) is 59.5 Å². The summed E-state index contributed by atoms with van der Waals surface area (Å²) in [6.07, 6.45) is -2.16. The number of ether oxygens (including phenoxy) is 1. The van der Waals surface area contributed by atoms with Gasteiger partial charge in [-0.15, -0.1) is 0 Å². The lowest BCUT2D eigenvalue weighted by atomic mass is 10.1. The van der Waals surface area contributed by atoms with Crippen molar-refractivity contribution in [3.8, 4) is 17.1 Å². The zero-order valence-corrected chi connectivity index (χ0v) is 13.5. The molecule has 5 nitrogen and oxygen atoms in total. The van der Waals surface area contributed by atoms with E-state index in [1.54, 1.807) is 12.1 Å². The van der Waals surface area contributed by atoms with Crippen molar-refractivity contribution < 1.29 is 27.1 Å². The molecule has 3 aromatic rings. The topological polar surface area (TPSA) is 64.4 Å². The van der Waals surface area contributed by atoms with Crippen LogP contribution in [0.25, 0.3) is 11.3 Å². The van der Waals surface area contributed by atoms with Crippen molar-refractivity contribution in [2.45, 2.75) is 6.18 Å². The average Bonchev–Trinajstić information content (AvgIpc) is 3.15. The molecule has 0 aliphatic carbocycles. The van der Waals surface area contributed by atoms with Crippen LogP contribution in [-0.4, -0.2) is 18.0 Å². The zero-order chi connectivity index (χ0) is 18.7. The largest absolute Gasteiger partial charge is 0.497 e. The number of rotatable bonds is 4. The number of methoxy groups -OCH3 is 1. The van der Waals surface area contributed by atoms with E-state index in [-0.39, 0.29) is 22.6 Å². The van der Waals surface area contributed by atoms with Gasteiger partial charge in [0.25, 0.3) is 5.91 Å². The Labute approximate surface area is 146 Å². The van der Waals surface area contributed by atoms with E-state index in [0.717, 1.165) is 18.5 Å². The van der Waals surface area contributed by atoms with Gasteiger partial charge in [0.2, 0.25) is 0 Å². The first-order chi connectivity index (χ1) is 12.4. The Balaban J connectivity index is 1.93. The highest BCUT2D eigenvalue weighted by molar-refractivity contribution is 6.04. The summed E-state index contributed by atoms with van der Waals surface area (Å²) in [5, 5.41) is 2.47. The second-order valence-electron chi connectivity index (χ2n) is 5.35. The maximum atomic E-state index is 13.2. The minimum atomic E-state index is -4.57. The highest BCUT2D eigenvalue weighted by Gasteiger charge is 2.31. The summed E-state index contributed by atoms with van der Waals surface area (Å²) in [5.41, 5.74) is -0.477. The fourth-order valence-corrected chi connectivity index (χ4v) is 2.31. The standard InChI is InChI=1S/C18H13F3N2O3/c1-25-15-4-2-11(3-5-15)17(24)23-14-7-12(16-9-22-10-26-16)6-13(8-14)18(19,20)21/h2-10H,1H3,(H,23,24). The molecule has 0 saturated heterocycles. The maximum Gasteiger partial charge on any atom is 0.416 e. The molecule has 0 aliphatic heterocycles. The Hall–Kier alpha value is -3.29. The van der Waals surface area contributed by atoms with E-state index in [4.69, 9.17) is 9.15 Å². The highest BCUT2D eigenvalue weighted by Crippen LogP contribution is 2.35. The van der Waals surface area contributed by atoms with Gasteiger partial charge in [-0.05, 0) is 42.5 Å². The minimum absolute atomic E-state index is 0.00737. The minimum Gasteiger partial charge on any atom is -0.497 e. The molecule has 0 bridgehead atoms. The Morgan fingerprint density at radius 1 is 1.15 bits per heavy atom. The lowest BCUT2D eigenvalue weighted by Gasteiger charge is -2.12. The molecule has 0 fully saturated rings. The molecule has 1 amide bonds. The van der Waals surface area contributed by atoms with E-state index in [9.17, 15) is 18.0 Å². The van der Waals surface area contributed by atoms with Crippen LogP contribution >= 0.6 is 0 Å². The number of anilines is 1. The number of hydrogen-bond acceptors (Lipinski definition) is 4. The molecule has 0 unspecified atom stereocenters. The van der Waals surface area contributed by atoms with Crippen LogP contribution in [0, 0.1) is 0 Å². The van der Waals surface area contributed by atoms with Gasteiger partial charge in [0.05, 0.1) is 18.9 Å². The van der Waals surface area contributed by atoms with Crippen molar-refractivity contribution in [3.63, 3.8) is 0 Å². The van der Waals surface area contributed by atoms with Crippen molar-refractivity contribution in [3.05, 3.63) is 66.2 Å². The Morgan fingerprint density at radius 3 is 2.46 bits per heavy atom. The first kappa shape index (κ1) is 17.5. The molecule has 0 atom stereocenters. The third-order valence-corrected chi connectivity index (χ3v) is 3.59. The van der Waals surface area contributed by atoms with Crippen molar-refractivity contribution in [2.24, 2.45) is 0 Å². The highest BCUT2D eigenvalue weighted by atomic mass is 19.4. The fourth-order valence-electron chi connectivity index (χ4n) is 2.31. The SMILES string of the molecule is COc1ccc(C(=O)Nc2cc(-c3cnco3)cc(C(F)(F)F)c2)cc1. The number of halogens is 3. The molecule has 8 heteroatoms. The molecule has 0 saturated carbocycles. The summed E-state index contributed by atoms with van der Waals surface area (Å²) in [4.78, 5) is 16.0. The van der Waals surface area contributed by atoms with Gasteiger partial charge in [-0.3, -0.25) is 4.79 Å². The Bertz CT molecular complexity index is 904. The number of oxazole rings is 1. The van der Waals surface area contributed by atoms with Crippen molar-refractivity contribution in [1.82, 2.24) is 4.98 Å². The molecule has 1 heterocycles. The van der Waals surface area contributed by atoms with E-state index in [2.05, 4.69) is 10.3 Å². The van der Waals surface area contributed by atoms with Gasteiger partial charge < -0.3 is 14.5 Å². The molecule has 2 aromatic carbocycles. The van der Waals surface area contributed by atoms with Gasteiger partial charge >= 0.3 is 6.18 Å². The summed E-state index contributed by atoms with van der Waals surface area (Å²) >= 11 is 0. The summed E-state index contributed by atoms with van der Waals surface area (Å²) in [6.45, 7) is 0. The van der Waals surface area contributed by atoms with Crippen molar-refractivity contribution in [2.75, 3.05) is 12.4 Å². The summed E-state index contributed by atoms with van der Waals surface area (Å²) < 4.78 is 49.5. The van der Waals surface area contributed by atoms with Crippen molar-refractivity contribution >= 4 is 11.6 Å². The Morgan fingerprint density at radius 2 is 1.88 bits per heavy atom. The number of carbonyl (C=O) groups is 1. The van der Waals surface area contributed by atoms with Gasteiger partial charge in [0.15, 0.2) is 12.2 Å². The van der Waals surface area contributed by atoms with Gasteiger partial charge in [-0.25, -0.2) is 4.98 Å². The molecule has 1 aromatic heterocycles. The number of alkyl halides is 3. The monoisotopic (exact) mass is 362 g/mol. The lowest BCUT2D eigenvalue weighted by Crippen LogP contribution is -2.13. The van der Waals surface area contributed by atoms with E-state index >= 15 is 0 Å². The predicted octanol–water partition coefficient (Wildman–Crippen LogP) is 4.62. The van der Waals surface area contributed by atoms with Gasteiger partial charge in [-0.1, -0.05) is 0 Å². The third-order valence-electron chi connectivity index (χ3n) is 3.59. The second-order valence-corrected chi connectivity index (χ2v) is 5.35. The number of nitrogens with one attached hydrogen (secondary N) is 1. The van der Waals surface area contributed by atoms with E-state index in [1.165, 1.54) is 31.5 Å². The fraction of sp³-hybridized carbons (Fsp3) is 0.111. The van der Waals surface area contributed by atoms with Crippen LogP contribution < -0.4 is 10.1 Å². The third kappa shape index (κ3) is 3.85. The van der Waals surface area contributed by atoms with Gasteiger partial charge in [0.1, 0.15) is 5.75 Å². The Kier molecular flexibility index (Phi) is 4.66. The smallest absolute Gasteiger partial charge is 0.416 e. The molecule has 134 valence electrons. The molecule has 3 rings (SSSR count). The number of benzene rings is 2. The molecular formula is C18H13F3N2O3. The van der Waals surface area contributed by atoms with Gasteiger partial charge in [-0.2, -0.15) is 13.2 Å². The predicted molar refractivity (Wildman–Crippen MR) is 87.9 cm³/mol. The first-order valence-corrected chi connectivity index (χ1v) is 7.43. The molecule has 0 radical (unpaired) electrons. The van der Waals surface area contributed by atoms with Crippen LogP contribution in [-0.2, 0) is 6.18 Å². The van der Waals surface area contributed by atoms with E-state index in [0.29, 0.717) is 5.75 Å². The van der Waals surface area contributed by atoms with Crippen LogP contribution in [0.4, 0.5) is 18.9 Å². The second kappa shape index (κ2) is 6.91. The average molecular weight is 362 g/mol. The maximum absolute atomic E-state index is 13.2. The normalized spacial score (nSPS) is 11.2. The number of carbonyl (C=O) groups excluding carboxylic acids is 1. The van der Waals surface area contributed by atoms with Crippen LogP contribution in [0.3, 0.4) is 0 Å². The molecule has 0 spiro atoms. The van der Waals surface area contributed by atoms with Crippen molar-refractivity contribution in [1.29, 1.82) is 0 Å². The quantitative estimate of drug-likeness (QED) is 0.735. The number of aromatic nitrogens is 1. The molecule has 26 heavy (non-hydrogen) atoms. The van der Waals surface area contributed by atoms with Crippen LogP contribution in [0.5, 0.6) is 5.75 Å². The summed E-state index contributed by atoms with van der Waals surface area (Å²) in [7, 11) is 1.49. The zero-order valence-electron chi connectivity index (χ0n) is 13.5. The van der Waals surface area contributed by atoms with Crippen LogP contribution in [0.1, 0.15) is 15.9 Å². The molecule has 0 aliphatic rings. The van der Waals surface area contributed by atoms with Crippen LogP contribution in [0.2, 0.25) is 0 Å². The first-order valence-electron chi connectivity index (χ1n) is 7.43. The van der Waals surface area contributed by atoms with Gasteiger partial charge in [0, 0.05) is 16.8 Å². The molecular weight excluding hydrogens is 349 g/mol. The molecule has 1 N–H and O–H groups in total.